The molecule has 0 radical (unpaired) electrons. The van der Waals surface area contributed by atoms with Gasteiger partial charge < -0.3 is 10.1 Å². The summed E-state index contributed by atoms with van der Waals surface area (Å²) in [7, 11) is 0. The largest absolute Gasteiger partial charge is 0.452 e. The maximum atomic E-state index is 12.0. The van der Waals surface area contributed by atoms with E-state index in [0.717, 1.165) is 31.2 Å². The van der Waals surface area contributed by atoms with Gasteiger partial charge in [0, 0.05) is 12.5 Å². The lowest BCUT2D eigenvalue weighted by molar-refractivity contribution is 0.0389. The Hall–Kier alpha value is -2.37. The third-order valence-corrected chi connectivity index (χ3v) is 4.38. The summed E-state index contributed by atoms with van der Waals surface area (Å²) in [6.45, 7) is 1.75. The SMILES string of the molecule is C/C(=N\NC(=O)NC1CCCC1)C1Cc2ccccc2C(=O)O1. The van der Waals surface area contributed by atoms with Gasteiger partial charge in [0.2, 0.25) is 0 Å². The number of cyclic esters (lactones) is 1. The zero-order valence-electron chi connectivity index (χ0n) is 13.2. The van der Waals surface area contributed by atoms with Crippen LogP contribution in [0.4, 0.5) is 4.79 Å². The van der Waals surface area contributed by atoms with Crippen LogP contribution >= 0.6 is 0 Å². The summed E-state index contributed by atoms with van der Waals surface area (Å²) in [5, 5.41) is 6.97. The first-order chi connectivity index (χ1) is 11.1. The first-order valence-corrected chi connectivity index (χ1v) is 8.03. The molecular weight excluding hydrogens is 294 g/mol. The summed E-state index contributed by atoms with van der Waals surface area (Å²) in [6.07, 6.45) is 4.49. The number of nitrogens with zero attached hydrogens (tertiary/aromatic N) is 1. The Morgan fingerprint density at radius 3 is 2.78 bits per heavy atom. The molecule has 1 atom stereocenters. The highest BCUT2D eigenvalue weighted by Crippen LogP contribution is 2.21. The van der Waals surface area contributed by atoms with Crippen molar-refractivity contribution >= 4 is 17.7 Å². The van der Waals surface area contributed by atoms with Crippen LogP contribution in [0.1, 0.15) is 48.5 Å². The Balaban J connectivity index is 1.58. The molecule has 1 aliphatic carbocycles. The van der Waals surface area contributed by atoms with E-state index in [9.17, 15) is 9.59 Å². The van der Waals surface area contributed by atoms with Crippen molar-refractivity contribution in [2.24, 2.45) is 5.10 Å². The minimum absolute atomic E-state index is 0.241. The van der Waals surface area contributed by atoms with Gasteiger partial charge in [0.15, 0.2) is 0 Å². The summed E-state index contributed by atoms with van der Waals surface area (Å²) in [5.74, 6) is -0.346. The van der Waals surface area contributed by atoms with E-state index in [2.05, 4.69) is 15.8 Å². The van der Waals surface area contributed by atoms with Crippen LogP contribution in [0.5, 0.6) is 0 Å². The maximum Gasteiger partial charge on any atom is 0.339 e. The van der Waals surface area contributed by atoms with Crippen molar-refractivity contribution in [3.05, 3.63) is 35.4 Å². The number of ether oxygens (including phenoxy) is 1. The van der Waals surface area contributed by atoms with Crippen LogP contribution in [0.25, 0.3) is 0 Å². The highest BCUT2D eigenvalue weighted by atomic mass is 16.5. The molecule has 0 bridgehead atoms. The van der Waals surface area contributed by atoms with Crippen molar-refractivity contribution in [3.8, 4) is 0 Å². The predicted octanol–water partition coefficient (Wildman–Crippen LogP) is 2.39. The van der Waals surface area contributed by atoms with Gasteiger partial charge in [-0.3, -0.25) is 0 Å². The van der Waals surface area contributed by atoms with Crippen LogP contribution < -0.4 is 10.7 Å². The van der Waals surface area contributed by atoms with E-state index >= 15 is 0 Å². The van der Waals surface area contributed by atoms with Gasteiger partial charge in [-0.1, -0.05) is 31.0 Å². The summed E-state index contributed by atoms with van der Waals surface area (Å²) in [4.78, 5) is 23.8. The van der Waals surface area contributed by atoms with E-state index in [1.807, 2.05) is 18.2 Å². The molecule has 2 N–H and O–H groups in total. The van der Waals surface area contributed by atoms with E-state index in [4.69, 9.17) is 4.74 Å². The van der Waals surface area contributed by atoms with Crippen molar-refractivity contribution in [2.45, 2.75) is 51.2 Å². The van der Waals surface area contributed by atoms with Gasteiger partial charge in [-0.25, -0.2) is 15.0 Å². The topological polar surface area (TPSA) is 79.8 Å². The molecule has 1 aromatic carbocycles. The third kappa shape index (κ3) is 3.70. The monoisotopic (exact) mass is 315 g/mol. The van der Waals surface area contributed by atoms with Crippen molar-refractivity contribution in [3.63, 3.8) is 0 Å². The number of rotatable bonds is 3. The van der Waals surface area contributed by atoms with Crippen molar-refractivity contribution in [1.29, 1.82) is 0 Å². The zero-order chi connectivity index (χ0) is 16.2. The molecule has 0 aromatic heterocycles. The Morgan fingerprint density at radius 2 is 2.00 bits per heavy atom. The second kappa shape index (κ2) is 6.81. The standard InChI is InChI=1S/C17H21N3O3/c1-11(19-20-17(22)18-13-7-3-4-8-13)15-10-12-6-2-5-9-14(12)16(21)23-15/h2,5-6,9,13,15H,3-4,7-8,10H2,1H3,(H2,18,20,22)/b19-11+. The first kappa shape index (κ1) is 15.5. The molecule has 1 saturated carbocycles. The Kier molecular flexibility index (Phi) is 4.60. The van der Waals surface area contributed by atoms with Crippen LogP contribution in [-0.4, -0.2) is 29.9 Å². The number of fused-ring (bicyclic) bond motifs is 1. The molecule has 2 amide bonds. The number of urea groups is 1. The summed E-state index contributed by atoms with van der Waals surface area (Å²) in [5.41, 5.74) is 4.61. The van der Waals surface area contributed by atoms with Gasteiger partial charge in [0.1, 0.15) is 6.10 Å². The highest BCUT2D eigenvalue weighted by molar-refractivity contribution is 5.97. The fourth-order valence-electron chi connectivity index (χ4n) is 3.06. The first-order valence-electron chi connectivity index (χ1n) is 8.03. The predicted molar refractivity (Wildman–Crippen MR) is 86.4 cm³/mol. The minimum Gasteiger partial charge on any atom is -0.452 e. The van der Waals surface area contributed by atoms with Gasteiger partial charge in [-0.2, -0.15) is 5.10 Å². The lowest BCUT2D eigenvalue weighted by Crippen LogP contribution is -2.40. The quantitative estimate of drug-likeness (QED) is 0.510. The number of hydrogen-bond donors (Lipinski definition) is 2. The molecule has 1 aromatic rings. The van der Waals surface area contributed by atoms with Gasteiger partial charge in [-0.15, -0.1) is 0 Å². The average molecular weight is 315 g/mol. The molecule has 6 heteroatoms. The average Bonchev–Trinajstić information content (AvgIpc) is 3.05. The van der Waals surface area contributed by atoms with Crippen LogP contribution in [0.2, 0.25) is 0 Å². The Morgan fingerprint density at radius 1 is 1.26 bits per heavy atom. The summed E-state index contributed by atoms with van der Waals surface area (Å²) in [6, 6.07) is 7.32. The Labute approximate surface area is 135 Å². The van der Waals surface area contributed by atoms with Gasteiger partial charge in [0.25, 0.3) is 0 Å². The smallest absolute Gasteiger partial charge is 0.339 e. The number of nitrogens with one attached hydrogen (secondary N) is 2. The lowest BCUT2D eigenvalue weighted by Gasteiger charge is -2.24. The molecule has 122 valence electrons. The second-order valence-corrected chi connectivity index (χ2v) is 6.08. The van der Waals surface area contributed by atoms with Crippen molar-refractivity contribution < 1.29 is 14.3 Å². The number of benzene rings is 1. The number of hydrogen-bond acceptors (Lipinski definition) is 4. The molecule has 0 saturated heterocycles. The van der Waals surface area contributed by atoms with Gasteiger partial charge in [0.05, 0.1) is 11.3 Å². The molecular formula is C17H21N3O3. The number of hydrazone groups is 1. The maximum absolute atomic E-state index is 12.0. The molecule has 1 heterocycles. The van der Waals surface area contributed by atoms with E-state index in [-0.39, 0.29) is 18.0 Å². The molecule has 1 unspecified atom stereocenters. The fraction of sp³-hybridized carbons (Fsp3) is 0.471. The summed E-state index contributed by atoms with van der Waals surface area (Å²) >= 11 is 0. The molecule has 3 rings (SSSR count). The molecule has 23 heavy (non-hydrogen) atoms. The van der Waals surface area contributed by atoms with Gasteiger partial charge >= 0.3 is 12.0 Å². The molecule has 1 aliphatic heterocycles. The van der Waals surface area contributed by atoms with Crippen LogP contribution in [0, 0.1) is 0 Å². The van der Waals surface area contributed by atoms with Crippen molar-refractivity contribution in [2.75, 3.05) is 0 Å². The fourth-order valence-corrected chi connectivity index (χ4v) is 3.06. The zero-order valence-corrected chi connectivity index (χ0v) is 13.2. The summed E-state index contributed by atoms with van der Waals surface area (Å²) < 4.78 is 5.40. The minimum atomic E-state index is -0.441. The normalized spacial score (nSPS) is 21.5. The number of carbonyl (C=O) groups excluding carboxylic acids is 2. The molecule has 2 aliphatic rings. The van der Waals surface area contributed by atoms with E-state index in [0.29, 0.717) is 17.7 Å². The highest BCUT2D eigenvalue weighted by Gasteiger charge is 2.28. The van der Waals surface area contributed by atoms with Crippen molar-refractivity contribution in [1.82, 2.24) is 10.7 Å². The van der Waals surface area contributed by atoms with Crippen LogP contribution in [0.3, 0.4) is 0 Å². The molecule has 6 nitrogen and oxygen atoms in total. The van der Waals surface area contributed by atoms with E-state index in [1.165, 1.54) is 0 Å². The second-order valence-electron chi connectivity index (χ2n) is 6.08. The van der Waals surface area contributed by atoms with Crippen LogP contribution in [-0.2, 0) is 11.2 Å². The van der Waals surface area contributed by atoms with E-state index < -0.39 is 6.10 Å². The number of amides is 2. The lowest BCUT2D eigenvalue weighted by atomic mass is 9.97. The van der Waals surface area contributed by atoms with E-state index in [1.54, 1.807) is 13.0 Å². The van der Waals surface area contributed by atoms with Crippen LogP contribution in [0.15, 0.2) is 29.4 Å². The third-order valence-electron chi connectivity index (χ3n) is 4.38. The Bertz CT molecular complexity index is 636. The molecule has 0 spiro atoms. The number of carbonyl (C=O) groups is 2. The number of esters is 1. The molecule has 1 fully saturated rings. The van der Waals surface area contributed by atoms with Gasteiger partial charge in [-0.05, 0) is 31.4 Å².